The first-order valence-corrected chi connectivity index (χ1v) is 6.72. The molecule has 0 amide bonds. The van der Waals surface area contributed by atoms with Crippen molar-refractivity contribution in [3.63, 3.8) is 0 Å². The Morgan fingerprint density at radius 1 is 1.40 bits per heavy atom. The Morgan fingerprint density at radius 3 is 2.65 bits per heavy atom. The van der Waals surface area contributed by atoms with Crippen molar-refractivity contribution in [3.8, 4) is 5.75 Å². The molecule has 0 radical (unpaired) electrons. The van der Waals surface area contributed by atoms with E-state index in [9.17, 15) is 9.18 Å². The third-order valence-electron chi connectivity index (χ3n) is 3.12. The monoisotopic (exact) mass is 283 g/mol. The second-order valence-electron chi connectivity index (χ2n) is 4.66. The topological polar surface area (TPSA) is 47.6 Å². The van der Waals surface area contributed by atoms with Crippen molar-refractivity contribution < 1.29 is 18.7 Å². The number of hydrogen-bond donors (Lipinski definition) is 1. The van der Waals surface area contributed by atoms with E-state index in [4.69, 9.17) is 9.47 Å². The molecule has 1 N–H and O–H groups in total. The number of esters is 1. The van der Waals surface area contributed by atoms with Crippen LogP contribution in [0.25, 0.3) is 0 Å². The summed E-state index contributed by atoms with van der Waals surface area (Å²) in [6.07, 6.45) is 0.0337. The average molecular weight is 283 g/mol. The number of benzene rings is 1. The van der Waals surface area contributed by atoms with Crippen LogP contribution in [0.3, 0.4) is 0 Å². The van der Waals surface area contributed by atoms with Crippen molar-refractivity contribution in [1.82, 2.24) is 5.32 Å². The summed E-state index contributed by atoms with van der Waals surface area (Å²) in [5.74, 6) is -0.365. The van der Waals surface area contributed by atoms with Crippen LogP contribution in [0, 0.1) is 5.82 Å². The zero-order valence-electron chi connectivity index (χ0n) is 12.5. The van der Waals surface area contributed by atoms with Crippen LogP contribution in [0.5, 0.6) is 5.75 Å². The predicted octanol–water partition coefficient (Wildman–Crippen LogP) is 2.61. The molecule has 4 nitrogen and oxygen atoms in total. The molecule has 5 heteroatoms. The molecule has 1 rings (SSSR count). The van der Waals surface area contributed by atoms with Crippen LogP contribution >= 0.6 is 0 Å². The Hall–Kier alpha value is -1.62. The molecule has 1 atom stereocenters. The molecule has 1 aromatic carbocycles. The number of rotatable bonds is 7. The molecule has 112 valence electrons. The Kier molecular flexibility index (Phi) is 5.95. The summed E-state index contributed by atoms with van der Waals surface area (Å²) in [6.45, 7) is 6.31. The van der Waals surface area contributed by atoms with Gasteiger partial charge in [0.05, 0.1) is 31.2 Å². The summed E-state index contributed by atoms with van der Waals surface area (Å²) in [4.78, 5) is 11.8. The number of carbonyl (C=O) groups is 1. The summed E-state index contributed by atoms with van der Waals surface area (Å²) in [6, 6.07) is 4.62. The highest BCUT2D eigenvalue weighted by Gasteiger charge is 2.34. The van der Waals surface area contributed by atoms with E-state index in [1.54, 1.807) is 26.0 Å². The fourth-order valence-corrected chi connectivity index (χ4v) is 2.34. The highest BCUT2D eigenvalue weighted by Crippen LogP contribution is 2.35. The van der Waals surface area contributed by atoms with Gasteiger partial charge in [0.1, 0.15) is 11.6 Å². The van der Waals surface area contributed by atoms with Crippen LogP contribution in [0.2, 0.25) is 0 Å². The predicted molar refractivity (Wildman–Crippen MR) is 75.2 cm³/mol. The first kappa shape index (κ1) is 16.4. The van der Waals surface area contributed by atoms with E-state index >= 15 is 0 Å². The van der Waals surface area contributed by atoms with E-state index in [2.05, 4.69) is 5.32 Å². The van der Waals surface area contributed by atoms with Gasteiger partial charge in [-0.15, -0.1) is 0 Å². The van der Waals surface area contributed by atoms with Gasteiger partial charge in [-0.3, -0.25) is 4.79 Å². The van der Waals surface area contributed by atoms with Crippen LogP contribution < -0.4 is 10.1 Å². The standard InChI is InChI=1S/C15H22FNO3/c1-5-17-15(3,10-13(18)20-6-2)14-11(16)8-7-9-12(14)19-4/h7-9,17H,5-6,10H2,1-4H3. The molecular weight excluding hydrogens is 261 g/mol. The number of methoxy groups -OCH3 is 1. The van der Waals surface area contributed by atoms with Crippen molar-refractivity contribution in [1.29, 1.82) is 0 Å². The van der Waals surface area contributed by atoms with Gasteiger partial charge in [-0.05, 0) is 32.5 Å². The van der Waals surface area contributed by atoms with Crippen LogP contribution in [0.1, 0.15) is 32.8 Å². The van der Waals surface area contributed by atoms with Gasteiger partial charge in [0.15, 0.2) is 0 Å². The van der Waals surface area contributed by atoms with E-state index < -0.39 is 11.4 Å². The lowest BCUT2D eigenvalue weighted by Gasteiger charge is -2.31. The maximum atomic E-state index is 14.2. The summed E-state index contributed by atoms with van der Waals surface area (Å²) in [5, 5.41) is 3.16. The van der Waals surface area contributed by atoms with E-state index in [0.717, 1.165) is 0 Å². The molecule has 0 aliphatic rings. The fraction of sp³-hybridized carbons (Fsp3) is 0.533. The molecule has 0 saturated carbocycles. The smallest absolute Gasteiger partial charge is 0.307 e. The van der Waals surface area contributed by atoms with Crippen molar-refractivity contribution in [2.45, 2.75) is 32.7 Å². The van der Waals surface area contributed by atoms with E-state index in [1.807, 2.05) is 6.92 Å². The zero-order valence-corrected chi connectivity index (χ0v) is 12.5. The van der Waals surface area contributed by atoms with E-state index in [1.165, 1.54) is 13.2 Å². The maximum Gasteiger partial charge on any atom is 0.307 e. The van der Waals surface area contributed by atoms with Crippen molar-refractivity contribution in [3.05, 3.63) is 29.6 Å². The molecule has 0 aliphatic heterocycles. The van der Waals surface area contributed by atoms with Gasteiger partial charge in [-0.25, -0.2) is 4.39 Å². The Morgan fingerprint density at radius 2 is 2.10 bits per heavy atom. The molecule has 0 saturated heterocycles. The second kappa shape index (κ2) is 7.24. The minimum Gasteiger partial charge on any atom is -0.496 e. The Bertz CT molecular complexity index is 464. The SMILES string of the molecule is CCNC(C)(CC(=O)OCC)c1c(F)cccc1OC. The van der Waals surface area contributed by atoms with Crippen LogP contribution in [0.4, 0.5) is 4.39 Å². The van der Waals surface area contributed by atoms with Crippen molar-refractivity contribution in [2.24, 2.45) is 0 Å². The lowest BCUT2D eigenvalue weighted by molar-refractivity contribution is -0.144. The van der Waals surface area contributed by atoms with Gasteiger partial charge in [0.2, 0.25) is 0 Å². The molecule has 20 heavy (non-hydrogen) atoms. The van der Waals surface area contributed by atoms with Gasteiger partial charge in [-0.2, -0.15) is 0 Å². The molecule has 0 aromatic heterocycles. The molecule has 0 bridgehead atoms. The van der Waals surface area contributed by atoms with Crippen molar-refractivity contribution in [2.75, 3.05) is 20.3 Å². The van der Waals surface area contributed by atoms with Gasteiger partial charge in [0.25, 0.3) is 0 Å². The first-order valence-electron chi connectivity index (χ1n) is 6.72. The average Bonchev–Trinajstić information content (AvgIpc) is 2.38. The van der Waals surface area contributed by atoms with Gasteiger partial charge < -0.3 is 14.8 Å². The van der Waals surface area contributed by atoms with Crippen LogP contribution in [-0.2, 0) is 15.1 Å². The van der Waals surface area contributed by atoms with E-state index in [-0.39, 0.29) is 12.4 Å². The first-order chi connectivity index (χ1) is 9.48. The minimum atomic E-state index is -0.877. The molecule has 0 fully saturated rings. The Labute approximate surface area is 119 Å². The number of hydrogen-bond acceptors (Lipinski definition) is 4. The largest absolute Gasteiger partial charge is 0.496 e. The normalized spacial score (nSPS) is 13.7. The molecule has 0 heterocycles. The molecular formula is C15H22FNO3. The third kappa shape index (κ3) is 3.70. The van der Waals surface area contributed by atoms with Gasteiger partial charge in [-0.1, -0.05) is 13.0 Å². The molecule has 0 spiro atoms. The summed E-state index contributed by atoms with van der Waals surface area (Å²) >= 11 is 0. The number of carbonyl (C=O) groups excluding carboxylic acids is 1. The molecule has 1 unspecified atom stereocenters. The third-order valence-corrected chi connectivity index (χ3v) is 3.12. The number of halogens is 1. The Balaban J connectivity index is 3.21. The highest BCUT2D eigenvalue weighted by molar-refractivity contribution is 5.71. The maximum absolute atomic E-state index is 14.2. The summed E-state index contributed by atoms with van der Waals surface area (Å²) in [5.41, 5.74) is -0.532. The van der Waals surface area contributed by atoms with E-state index in [0.29, 0.717) is 24.5 Å². The quantitative estimate of drug-likeness (QED) is 0.781. The fourth-order valence-electron chi connectivity index (χ4n) is 2.34. The molecule has 1 aromatic rings. The van der Waals surface area contributed by atoms with Gasteiger partial charge in [0, 0.05) is 0 Å². The second-order valence-corrected chi connectivity index (χ2v) is 4.66. The lowest BCUT2D eigenvalue weighted by atomic mass is 9.87. The minimum absolute atomic E-state index is 0.0337. The zero-order chi connectivity index (χ0) is 15.2. The van der Waals surface area contributed by atoms with Crippen LogP contribution in [0.15, 0.2) is 18.2 Å². The summed E-state index contributed by atoms with van der Waals surface area (Å²) in [7, 11) is 1.48. The van der Waals surface area contributed by atoms with Gasteiger partial charge >= 0.3 is 5.97 Å². The lowest BCUT2D eigenvalue weighted by Crippen LogP contribution is -2.42. The molecule has 0 aliphatic carbocycles. The number of ether oxygens (including phenoxy) is 2. The van der Waals surface area contributed by atoms with Crippen LogP contribution in [-0.4, -0.2) is 26.2 Å². The summed E-state index contributed by atoms with van der Waals surface area (Å²) < 4.78 is 24.4. The van der Waals surface area contributed by atoms with Crippen molar-refractivity contribution >= 4 is 5.97 Å². The number of nitrogens with one attached hydrogen (secondary N) is 1. The highest BCUT2D eigenvalue weighted by atomic mass is 19.1.